The zero-order chi connectivity index (χ0) is 14.0. The van der Waals surface area contributed by atoms with Crippen LogP contribution in [0.2, 0.25) is 0 Å². The Morgan fingerprint density at radius 1 is 1.32 bits per heavy atom. The Balaban J connectivity index is 2.38. The third-order valence-electron chi connectivity index (χ3n) is 2.44. The second kappa shape index (κ2) is 5.26. The van der Waals surface area contributed by atoms with Gasteiger partial charge in [-0.1, -0.05) is 6.07 Å². The summed E-state index contributed by atoms with van der Waals surface area (Å²) in [6, 6.07) is 7.03. The van der Waals surface area contributed by atoms with Gasteiger partial charge in [0.25, 0.3) is 10.0 Å². The van der Waals surface area contributed by atoms with Gasteiger partial charge in [-0.15, -0.1) is 0 Å². The number of anilines is 1. The van der Waals surface area contributed by atoms with E-state index in [0.717, 1.165) is 6.07 Å². The van der Waals surface area contributed by atoms with E-state index in [0.29, 0.717) is 5.56 Å². The molecule has 0 bridgehead atoms. The maximum atomic E-state index is 13.4. The number of nitrogens with zero attached hydrogens (tertiary/aromatic N) is 1. The molecule has 7 heteroatoms. The molecule has 1 N–H and O–H groups in total. The van der Waals surface area contributed by atoms with E-state index in [2.05, 4.69) is 25.6 Å². The maximum absolute atomic E-state index is 13.4. The third kappa shape index (κ3) is 3.10. The van der Waals surface area contributed by atoms with Gasteiger partial charge < -0.3 is 0 Å². The number of sulfonamides is 1. The molecule has 1 heterocycles. The molecule has 0 aliphatic carbocycles. The van der Waals surface area contributed by atoms with Crippen molar-refractivity contribution in [2.24, 2.45) is 0 Å². The molecule has 0 amide bonds. The molecule has 1 aromatic carbocycles. The summed E-state index contributed by atoms with van der Waals surface area (Å²) in [5.74, 6) is -0.411. The molecule has 2 rings (SSSR count). The fourth-order valence-electron chi connectivity index (χ4n) is 1.42. The van der Waals surface area contributed by atoms with E-state index in [1.807, 2.05) is 0 Å². The minimum atomic E-state index is -3.85. The fourth-order valence-corrected chi connectivity index (χ4v) is 2.76. The van der Waals surface area contributed by atoms with Crippen LogP contribution in [-0.4, -0.2) is 13.4 Å². The number of halogens is 2. The third-order valence-corrected chi connectivity index (χ3v) is 4.42. The molecule has 0 fully saturated rings. The van der Waals surface area contributed by atoms with Crippen molar-refractivity contribution in [1.29, 1.82) is 0 Å². The average molecular weight is 345 g/mol. The van der Waals surface area contributed by atoms with Crippen LogP contribution in [0, 0.1) is 12.7 Å². The van der Waals surface area contributed by atoms with Crippen molar-refractivity contribution in [2.45, 2.75) is 11.8 Å². The Hall–Kier alpha value is -1.47. The van der Waals surface area contributed by atoms with E-state index in [1.165, 1.54) is 18.3 Å². The van der Waals surface area contributed by atoms with E-state index in [9.17, 15) is 12.8 Å². The highest BCUT2D eigenvalue weighted by Gasteiger charge is 2.17. The van der Waals surface area contributed by atoms with Gasteiger partial charge in [0.15, 0.2) is 0 Å². The predicted octanol–water partition coefficient (Wildman–Crippen LogP) is 3.09. The van der Waals surface area contributed by atoms with Crippen LogP contribution in [0.3, 0.4) is 0 Å². The lowest BCUT2D eigenvalue weighted by molar-refractivity contribution is 0.593. The van der Waals surface area contributed by atoms with Crippen LogP contribution in [0.4, 0.5) is 10.2 Å². The molecule has 0 radical (unpaired) electrons. The molecule has 0 saturated heterocycles. The summed E-state index contributed by atoms with van der Waals surface area (Å²) in [6.07, 6.45) is 1.48. The van der Waals surface area contributed by atoms with Gasteiger partial charge in [0.1, 0.15) is 11.6 Å². The summed E-state index contributed by atoms with van der Waals surface area (Å²) in [5.41, 5.74) is 0.684. The number of rotatable bonds is 3. The SMILES string of the molecule is Cc1cccnc1NS(=O)(=O)c1ccc(Br)c(F)c1. The largest absolute Gasteiger partial charge is 0.263 e. The van der Waals surface area contributed by atoms with Crippen LogP contribution in [0.15, 0.2) is 45.9 Å². The number of pyridine rings is 1. The molecule has 0 atom stereocenters. The zero-order valence-corrected chi connectivity index (χ0v) is 12.3. The van der Waals surface area contributed by atoms with Crippen LogP contribution in [0.1, 0.15) is 5.56 Å². The smallest absolute Gasteiger partial charge is 0.263 e. The molecule has 0 unspecified atom stereocenters. The van der Waals surface area contributed by atoms with E-state index in [1.54, 1.807) is 19.1 Å². The van der Waals surface area contributed by atoms with E-state index in [4.69, 9.17) is 0 Å². The van der Waals surface area contributed by atoms with Gasteiger partial charge in [-0.3, -0.25) is 4.72 Å². The van der Waals surface area contributed by atoms with Crippen LogP contribution in [0.25, 0.3) is 0 Å². The first kappa shape index (κ1) is 14.0. The number of nitrogens with one attached hydrogen (secondary N) is 1. The Morgan fingerprint density at radius 2 is 2.05 bits per heavy atom. The summed E-state index contributed by atoms with van der Waals surface area (Å²) >= 11 is 2.97. The molecule has 0 aliphatic heterocycles. The van der Waals surface area contributed by atoms with Gasteiger partial charge in [0.05, 0.1) is 9.37 Å². The van der Waals surface area contributed by atoms with E-state index >= 15 is 0 Å². The molecule has 0 spiro atoms. The van der Waals surface area contributed by atoms with Gasteiger partial charge >= 0.3 is 0 Å². The number of aryl methyl sites for hydroxylation is 1. The van der Waals surface area contributed by atoms with Gasteiger partial charge in [0.2, 0.25) is 0 Å². The highest BCUT2D eigenvalue weighted by molar-refractivity contribution is 9.10. The van der Waals surface area contributed by atoms with E-state index < -0.39 is 15.8 Å². The fraction of sp³-hybridized carbons (Fsp3) is 0.0833. The summed E-state index contributed by atoms with van der Waals surface area (Å²) in [7, 11) is -3.85. The maximum Gasteiger partial charge on any atom is 0.263 e. The second-order valence-corrected chi connectivity index (χ2v) is 6.39. The number of hydrogen-bond acceptors (Lipinski definition) is 3. The molecular formula is C12H10BrFN2O2S. The van der Waals surface area contributed by atoms with Gasteiger partial charge in [-0.25, -0.2) is 17.8 Å². The summed E-state index contributed by atoms with van der Waals surface area (Å²) < 4.78 is 40.1. The van der Waals surface area contributed by atoms with Crippen molar-refractivity contribution >= 4 is 31.8 Å². The summed E-state index contributed by atoms with van der Waals surface area (Å²) in [4.78, 5) is 3.78. The van der Waals surface area contributed by atoms with Crippen molar-refractivity contribution < 1.29 is 12.8 Å². The molecule has 0 saturated carbocycles. The molecular weight excluding hydrogens is 335 g/mol. The van der Waals surface area contributed by atoms with Gasteiger partial charge in [-0.05, 0) is 52.7 Å². The Labute approximate surface area is 118 Å². The van der Waals surface area contributed by atoms with Gasteiger partial charge in [-0.2, -0.15) is 0 Å². The van der Waals surface area contributed by atoms with Crippen LogP contribution >= 0.6 is 15.9 Å². The molecule has 2 aromatic rings. The monoisotopic (exact) mass is 344 g/mol. The average Bonchev–Trinajstić information content (AvgIpc) is 2.35. The normalized spacial score (nSPS) is 11.3. The van der Waals surface area contributed by atoms with Crippen LogP contribution in [0.5, 0.6) is 0 Å². The zero-order valence-electron chi connectivity index (χ0n) is 9.89. The van der Waals surface area contributed by atoms with Crippen LogP contribution in [-0.2, 0) is 10.0 Å². The van der Waals surface area contributed by atoms with Crippen molar-refractivity contribution in [1.82, 2.24) is 4.98 Å². The van der Waals surface area contributed by atoms with Crippen molar-refractivity contribution in [3.63, 3.8) is 0 Å². The topological polar surface area (TPSA) is 59.1 Å². The lowest BCUT2D eigenvalue weighted by Gasteiger charge is -2.09. The minimum Gasteiger partial charge on any atom is -0.263 e. The van der Waals surface area contributed by atoms with Crippen molar-refractivity contribution in [3.05, 3.63) is 52.4 Å². The first-order valence-electron chi connectivity index (χ1n) is 5.29. The number of hydrogen-bond donors (Lipinski definition) is 1. The molecule has 1 aromatic heterocycles. The highest BCUT2D eigenvalue weighted by Crippen LogP contribution is 2.21. The Kier molecular flexibility index (Phi) is 3.86. The van der Waals surface area contributed by atoms with Crippen molar-refractivity contribution in [2.75, 3.05) is 4.72 Å². The summed E-state index contributed by atoms with van der Waals surface area (Å²) in [5, 5.41) is 0. The first-order chi connectivity index (χ1) is 8.90. The summed E-state index contributed by atoms with van der Waals surface area (Å²) in [6.45, 7) is 1.73. The number of aromatic nitrogens is 1. The minimum absolute atomic E-state index is 0.154. The molecule has 0 aliphatic rings. The number of benzene rings is 1. The van der Waals surface area contributed by atoms with E-state index in [-0.39, 0.29) is 15.2 Å². The Morgan fingerprint density at radius 3 is 2.68 bits per heavy atom. The second-order valence-electron chi connectivity index (χ2n) is 3.85. The first-order valence-corrected chi connectivity index (χ1v) is 7.57. The standard InChI is InChI=1S/C12H10BrFN2O2S/c1-8-3-2-6-15-12(8)16-19(17,18)9-4-5-10(13)11(14)7-9/h2-7H,1H3,(H,15,16). The molecule has 100 valence electrons. The van der Waals surface area contributed by atoms with Crippen molar-refractivity contribution in [3.8, 4) is 0 Å². The lowest BCUT2D eigenvalue weighted by Crippen LogP contribution is -2.15. The molecule has 19 heavy (non-hydrogen) atoms. The highest BCUT2D eigenvalue weighted by atomic mass is 79.9. The predicted molar refractivity (Wildman–Crippen MR) is 73.9 cm³/mol. The molecule has 4 nitrogen and oxygen atoms in total. The lowest BCUT2D eigenvalue weighted by atomic mass is 10.3. The Bertz CT molecular complexity index is 719. The quantitative estimate of drug-likeness (QED) is 0.930. The van der Waals surface area contributed by atoms with Gasteiger partial charge in [0, 0.05) is 6.20 Å². The van der Waals surface area contributed by atoms with Crippen LogP contribution < -0.4 is 4.72 Å².